The molecule has 0 amide bonds. The van der Waals surface area contributed by atoms with Crippen LogP contribution in [-0.4, -0.2) is 0 Å². The summed E-state index contributed by atoms with van der Waals surface area (Å²) in [6.07, 6.45) is 0. The molecule has 0 aromatic heterocycles. The van der Waals surface area contributed by atoms with E-state index in [4.69, 9.17) is 4.74 Å². The first-order chi connectivity index (χ1) is 8.83. The number of ether oxygens (including phenoxy) is 1. The van der Waals surface area contributed by atoms with E-state index in [1.54, 1.807) is 0 Å². The molecule has 3 aromatic rings. The Morgan fingerprint density at radius 1 is 0.778 bits per heavy atom. The normalized spacial score (nSPS) is 10.5. The number of para-hydroxylation sites is 1. The van der Waals surface area contributed by atoms with E-state index in [-0.39, 0.29) is 0 Å². The number of fused-ring (bicyclic) bond motifs is 1. The van der Waals surface area contributed by atoms with Crippen LogP contribution < -0.4 is 4.74 Å². The molecular formula is C16H11BrO. The topological polar surface area (TPSA) is 9.23 Å². The van der Waals surface area contributed by atoms with Crippen LogP contribution in [0.3, 0.4) is 0 Å². The molecule has 0 aliphatic heterocycles. The van der Waals surface area contributed by atoms with Crippen LogP contribution in [0.25, 0.3) is 10.8 Å². The second-order valence-electron chi connectivity index (χ2n) is 4.04. The Bertz CT molecular complexity index is 677. The molecule has 0 unspecified atom stereocenters. The molecule has 1 nitrogen and oxygen atoms in total. The van der Waals surface area contributed by atoms with Gasteiger partial charge in [-0.05, 0) is 41.8 Å². The van der Waals surface area contributed by atoms with Crippen molar-refractivity contribution in [2.45, 2.75) is 0 Å². The van der Waals surface area contributed by atoms with Crippen molar-refractivity contribution in [2.75, 3.05) is 0 Å². The first kappa shape index (κ1) is 11.3. The van der Waals surface area contributed by atoms with Crippen molar-refractivity contribution in [3.05, 3.63) is 71.2 Å². The van der Waals surface area contributed by atoms with Gasteiger partial charge in [0, 0.05) is 9.86 Å². The quantitative estimate of drug-likeness (QED) is 0.616. The monoisotopic (exact) mass is 298 g/mol. The summed E-state index contributed by atoms with van der Waals surface area (Å²) in [6.45, 7) is 0. The molecule has 2 heteroatoms. The standard InChI is InChI=1S/C16H11BrO/c17-13-9-10-15-12(11-13)5-4-8-16(15)18-14-6-2-1-3-7-14/h1-11H. The zero-order valence-electron chi connectivity index (χ0n) is 9.64. The highest BCUT2D eigenvalue weighted by Crippen LogP contribution is 2.31. The van der Waals surface area contributed by atoms with Crippen LogP contribution >= 0.6 is 15.9 Å². The lowest BCUT2D eigenvalue weighted by Gasteiger charge is -2.09. The number of rotatable bonds is 2. The third kappa shape index (κ3) is 2.24. The predicted octanol–water partition coefficient (Wildman–Crippen LogP) is 5.39. The van der Waals surface area contributed by atoms with Gasteiger partial charge in [-0.15, -0.1) is 0 Å². The minimum Gasteiger partial charge on any atom is -0.457 e. The summed E-state index contributed by atoms with van der Waals surface area (Å²) in [5.41, 5.74) is 0. The van der Waals surface area contributed by atoms with E-state index in [9.17, 15) is 0 Å². The first-order valence-electron chi connectivity index (χ1n) is 5.74. The first-order valence-corrected chi connectivity index (χ1v) is 6.53. The Morgan fingerprint density at radius 2 is 1.61 bits per heavy atom. The minimum absolute atomic E-state index is 0.855. The summed E-state index contributed by atoms with van der Waals surface area (Å²) >= 11 is 3.48. The molecule has 0 aliphatic carbocycles. The smallest absolute Gasteiger partial charge is 0.135 e. The summed E-state index contributed by atoms with van der Waals surface area (Å²) in [6, 6.07) is 22.1. The Balaban J connectivity index is 2.07. The van der Waals surface area contributed by atoms with Gasteiger partial charge in [0.05, 0.1) is 0 Å². The van der Waals surface area contributed by atoms with Gasteiger partial charge in [-0.3, -0.25) is 0 Å². The van der Waals surface area contributed by atoms with Crippen LogP contribution in [-0.2, 0) is 0 Å². The van der Waals surface area contributed by atoms with E-state index in [1.807, 2.05) is 48.5 Å². The maximum atomic E-state index is 5.92. The van der Waals surface area contributed by atoms with Crippen LogP contribution in [0.5, 0.6) is 11.5 Å². The van der Waals surface area contributed by atoms with Crippen LogP contribution in [0, 0.1) is 0 Å². The zero-order chi connectivity index (χ0) is 12.4. The lowest BCUT2D eigenvalue weighted by atomic mass is 10.1. The number of hydrogen-bond acceptors (Lipinski definition) is 1. The molecule has 3 aromatic carbocycles. The van der Waals surface area contributed by atoms with E-state index in [0.29, 0.717) is 0 Å². The second-order valence-corrected chi connectivity index (χ2v) is 4.95. The van der Waals surface area contributed by atoms with Gasteiger partial charge in [-0.1, -0.05) is 46.3 Å². The Morgan fingerprint density at radius 3 is 2.44 bits per heavy atom. The van der Waals surface area contributed by atoms with Crippen molar-refractivity contribution in [3.63, 3.8) is 0 Å². The summed E-state index contributed by atoms with van der Waals surface area (Å²) in [5.74, 6) is 1.74. The number of hydrogen-bond donors (Lipinski definition) is 0. The molecule has 0 bridgehead atoms. The van der Waals surface area contributed by atoms with Crippen molar-refractivity contribution in [1.82, 2.24) is 0 Å². The van der Waals surface area contributed by atoms with E-state index >= 15 is 0 Å². The minimum atomic E-state index is 0.855. The van der Waals surface area contributed by atoms with Gasteiger partial charge in [-0.2, -0.15) is 0 Å². The van der Waals surface area contributed by atoms with Gasteiger partial charge >= 0.3 is 0 Å². The summed E-state index contributed by atoms with van der Waals surface area (Å²) in [4.78, 5) is 0. The molecule has 0 heterocycles. The highest BCUT2D eigenvalue weighted by Gasteiger charge is 2.03. The molecule has 88 valence electrons. The lowest BCUT2D eigenvalue weighted by Crippen LogP contribution is -1.85. The Labute approximate surface area is 114 Å². The fraction of sp³-hybridized carbons (Fsp3) is 0. The van der Waals surface area contributed by atoms with Crippen molar-refractivity contribution in [2.24, 2.45) is 0 Å². The van der Waals surface area contributed by atoms with Crippen LogP contribution in [0.15, 0.2) is 71.2 Å². The predicted molar refractivity (Wildman–Crippen MR) is 78.2 cm³/mol. The Hall–Kier alpha value is -1.80. The molecule has 3 rings (SSSR count). The zero-order valence-corrected chi connectivity index (χ0v) is 11.2. The van der Waals surface area contributed by atoms with Gasteiger partial charge in [0.15, 0.2) is 0 Å². The highest BCUT2D eigenvalue weighted by molar-refractivity contribution is 9.10. The van der Waals surface area contributed by atoms with Crippen molar-refractivity contribution >= 4 is 26.7 Å². The molecule has 0 aliphatic rings. The third-order valence-electron chi connectivity index (χ3n) is 2.77. The molecule has 18 heavy (non-hydrogen) atoms. The molecule has 0 atom stereocenters. The van der Waals surface area contributed by atoms with Gasteiger partial charge in [-0.25, -0.2) is 0 Å². The fourth-order valence-electron chi connectivity index (χ4n) is 1.93. The van der Waals surface area contributed by atoms with E-state index < -0.39 is 0 Å². The van der Waals surface area contributed by atoms with E-state index in [1.165, 1.54) is 0 Å². The van der Waals surface area contributed by atoms with Gasteiger partial charge < -0.3 is 4.74 Å². The molecule has 0 fully saturated rings. The van der Waals surface area contributed by atoms with Crippen LogP contribution in [0.4, 0.5) is 0 Å². The second kappa shape index (κ2) is 4.83. The van der Waals surface area contributed by atoms with Crippen molar-refractivity contribution in [3.8, 4) is 11.5 Å². The van der Waals surface area contributed by atoms with Crippen LogP contribution in [0.1, 0.15) is 0 Å². The highest BCUT2D eigenvalue weighted by atomic mass is 79.9. The Kier molecular flexibility index (Phi) is 3.03. The van der Waals surface area contributed by atoms with E-state index in [2.05, 4.69) is 34.1 Å². The van der Waals surface area contributed by atoms with Crippen molar-refractivity contribution in [1.29, 1.82) is 0 Å². The summed E-state index contributed by atoms with van der Waals surface area (Å²) in [5, 5.41) is 2.28. The van der Waals surface area contributed by atoms with Gasteiger partial charge in [0.25, 0.3) is 0 Å². The maximum absolute atomic E-state index is 5.92. The van der Waals surface area contributed by atoms with E-state index in [0.717, 1.165) is 26.7 Å². The van der Waals surface area contributed by atoms with Crippen LogP contribution in [0.2, 0.25) is 0 Å². The molecule has 0 radical (unpaired) electrons. The van der Waals surface area contributed by atoms with Crippen molar-refractivity contribution < 1.29 is 4.74 Å². The van der Waals surface area contributed by atoms with Gasteiger partial charge in [0.2, 0.25) is 0 Å². The van der Waals surface area contributed by atoms with Gasteiger partial charge in [0.1, 0.15) is 11.5 Å². The fourth-order valence-corrected chi connectivity index (χ4v) is 2.31. The molecular weight excluding hydrogens is 288 g/mol. The molecule has 0 spiro atoms. The molecule has 0 saturated heterocycles. The number of benzene rings is 3. The third-order valence-corrected chi connectivity index (χ3v) is 3.27. The average molecular weight is 299 g/mol. The molecule has 0 saturated carbocycles. The SMILES string of the molecule is Brc1ccc2c(Oc3ccccc3)cccc2c1. The average Bonchev–Trinajstić information content (AvgIpc) is 2.40. The summed E-state index contributed by atoms with van der Waals surface area (Å²) < 4.78 is 6.99. The maximum Gasteiger partial charge on any atom is 0.135 e. The number of halogens is 1. The molecule has 0 N–H and O–H groups in total. The largest absolute Gasteiger partial charge is 0.457 e. The lowest BCUT2D eigenvalue weighted by molar-refractivity contribution is 0.488. The summed E-state index contributed by atoms with van der Waals surface area (Å²) in [7, 11) is 0.